The minimum Gasteiger partial charge on any atom is -0.494 e. The van der Waals surface area contributed by atoms with Gasteiger partial charge >= 0.3 is 5.69 Å². The van der Waals surface area contributed by atoms with Gasteiger partial charge in [0.15, 0.2) is 0 Å². The summed E-state index contributed by atoms with van der Waals surface area (Å²) in [5.41, 5.74) is 1.32. The lowest BCUT2D eigenvalue weighted by Crippen LogP contribution is -2.40. The van der Waals surface area contributed by atoms with E-state index in [9.17, 15) is 14.7 Å². The van der Waals surface area contributed by atoms with E-state index in [0.717, 1.165) is 15.7 Å². The minimum atomic E-state index is -0.570. The van der Waals surface area contributed by atoms with Gasteiger partial charge in [-0.05, 0) is 23.3 Å². The van der Waals surface area contributed by atoms with Crippen LogP contribution in [0, 0.1) is 0 Å². The molecule has 0 fully saturated rings. The van der Waals surface area contributed by atoms with E-state index in [1.165, 1.54) is 4.57 Å². The van der Waals surface area contributed by atoms with Crippen LogP contribution < -0.4 is 11.2 Å². The average molecular weight is 384 g/mol. The number of rotatable bonds is 5. The Balaban J connectivity index is 1.94. The highest BCUT2D eigenvalue weighted by molar-refractivity contribution is 5.37. The molecule has 5 heteroatoms. The molecule has 0 radical (unpaired) electrons. The van der Waals surface area contributed by atoms with Gasteiger partial charge in [0, 0.05) is 6.42 Å². The molecule has 4 aromatic rings. The van der Waals surface area contributed by atoms with Crippen LogP contribution in [0.2, 0.25) is 0 Å². The van der Waals surface area contributed by atoms with Crippen molar-refractivity contribution in [2.45, 2.75) is 13.0 Å². The first-order valence-electron chi connectivity index (χ1n) is 9.36. The lowest BCUT2D eigenvalue weighted by atomic mass is 10.1. The Labute approximate surface area is 167 Å². The Hall–Kier alpha value is -3.86. The van der Waals surface area contributed by atoms with Crippen LogP contribution in [0.5, 0.6) is 5.88 Å². The third-order valence-electron chi connectivity index (χ3n) is 4.83. The molecular formula is C24H20N2O3. The first-order valence-corrected chi connectivity index (χ1v) is 9.36. The molecule has 0 aliphatic heterocycles. The van der Waals surface area contributed by atoms with Crippen LogP contribution in [-0.2, 0) is 13.0 Å². The molecule has 0 bridgehead atoms. The number of aromatic hydroxyl groups is 1. The summed E-state index contributed by atoms with van der Waals surface area (Å²) in [4.78, 5) is 26.4. The molecule has 1 aromatic heterocycles. The van der Waals surface area contributed by atoms with Crippen molar-refractivity contribution in [1.82, 2.24) is 9.13 Å². The van der Waals surface area contributed by atoms with Gasteiger partial charge in [-0.25, -0.2) is 9.36 Å². The van der Waals surface area contributed by atoms with Gasteiger partial charge in [-0.2, -0.15) is 0 Å². The molecule has 1 heterocycles. The van der Waals surface area contributed by atoms with Crippen LogP contribution in [0.3, 0.4) is 0 Å². The SMILES string of the molecule is O=c1c(Cc2ccccc2)c(O)n(Cc2ccccc2)c(=O)n1-c1ccccc1. The highest BCUT2D eigenvalue weighted by atomic mass is 16.3. The maximum absolute atomic E-state index is 13.2. The van der Waals surface area contributed by atoms with Gasteiger partial charge in [-0.3, -0.25) is 9.36 Å². The molecule has 0 saturated carbocycles. The first-order chi connectivity index (χ1) is 14.1. The summed E-state index contributed by atoms with van der Waals surface area (Å²) >= 11 is 0. The Morgan fingerprint density at radius 3 is 1.79 bits per heavy atom. The van der Waals surface area contributed by atoms with Gasteiger partial charge in [0.1, 0.15) is 0 Å². The summed E-state index contributed by atoms with van der Waals surface area (Å²) in [6.45, 7) is 0.167. The fraction of sp³-hybridized carbons (Fsp3) is 0.0833. The van der Waals surface area contributed by atoms with Gasteiger partial charge in [0.05, 0.1) is 17.8 Å². The summed E-state index contributed by atoms with van der Waals surface area (Å²) in [6.07, 6.45) is 0.230. The molecule has 29 heavy (non-hydrogen) atoms. The lowest BCUT2D eigenvalue weighted by molar-refractivity contribution is 0.398. The lowest BCUT2D eigenvalue weighted by Gasteiger charge is -2.16. The van der Waals surface area contributed by atoms with Crippen LogP contribution >= 0.6 is 0 Å². The molecule has 0 spiro atoms. The predicted molar refractivity (Wildman–Crippen MR) is 113 cm³/mol. The van der Waals surface area contributed by atoms with Crippen LogP contribution in [-0.4, -0.2) is 14.2 Å². The van der Waals surface area contributed by atoms with Crippen molar-refractivity contribution in [2.24, 2.45) is 0 Å². The van der Waals surface area contributed by atoms with E-state index in [1.807, 2.05) is 66.7 Å². The fourth-order valence-electron chi connectivity index (χ4n) is 3.36. The maximum atomic E-state index is 13.2. The van der Waals surface area contributed by atoms with E-state index in [1.54, 1.807) is 24.3 Å². The molecule has 0 atom stereocenters. The number of benzene rings is 3. The van der Waals surface area contributed by atoms with E-state index in [0.29, 0.717) is 5.69 Å². The largest absolute Gasteiger partial charge is 0.494 e. The Bertz CT molecular complexity index is 1150. The number of aromatic nitrogens is 2. The third kappa shape index (κ3) is 3.75. The Kier molecular flexibility index (Phi) is 5.12. The molecule has 0 amide bonds. The zero-order valence-electron chi connectivity index (χ0n) is 15.7. The number of nitrogens with zero attached hydrogens (tertiary/aromatic N) is 2. The topological polar surface area (TPSA) is 64.2 Å². The second-order valence-corrected chi connectivity index (χ2v) is 6.79. The summed E-state index contributed by atoms with van der Waals surface area (Å²) in [5.74, 6) is -0.292. The molecule has 0 aliphatic carbocycles. The van der Waals surface area contributed by atoms with Gasteiger partial charge in [0.2, 0.25) is 5.88 Å². The van der Waals surface area contributed by atoms with E-state index in [4.69, 9.17) is 0 Å². The van der Waals surface area contributed by atoms with Gasteiger partial charge in [-0.1, -0.05) is 78.9 Å². The second kappa shape index (κ2) is 8.02. The zero-order valence-corrected chi connectivity index (χ0v) is 15.7. The van der Waals surface area contributed by atoms with E-state index >= 15 is 0 Å². The smallest absolute Gasteiger partial charge is 0.338 e. The van der Waals surface area contributed by atoms with Gasteiger partial charge in [0.25, 0.3) is 5.56 Å². The molecule has 1 N–H and O–H groups in total. The first kappa shape index (κ1) is 18.5. The van der Waals surface area contributed by atoms with Crippen molar-refractivity contribution in [2.75, 3.05) is 0 Å². The summed E-state index contributed by atoms with van der Waals surface area (Å²) in [5, 5.41) is 10.9. The number of para-hydroxylation sites is 1. The monoisotopic (exact) mass is 384 g/mol. The highest BCUT2D eigenvalue weighted by Gasteiger charge is 2.20. The van der Waals surface area contributed by atoms with E-state index in [2.05, 4.69) is 0 Å². The molecular weight excluding hydrogens is 364 g/mol. The van der Waals surface area contributed by atoms with Crippen LogP contribution in [0.25, 0.3) is 5.69 Å². The van der Waals surface area contributed by atoms with Crippen molar-refractivity contribution in [3.63, 3.8) is 0 Å². The van der Waals surface area contributed by atoms with E-state index < -0.39 is 11.2 Å². The van der Waals surface area contributed by atoms with Crippen LogP contribution in [0.15, 0.2) is 101 Å². The van der Waals surface area contributed by atoms with Gasteiger partial charge < -0.3 is 5.11 Å². The van der Waals surface area contributed by atoms with Crippen LogP contribution in [0.1, 0.15) is 16.7 Å². The molecule has 5 nitrogen and oxygen atoms in total. The molecule has 3 aromatic carbocycles. The average Bonchev–Trinajstić information content (AvgIpc) is 2.77. The second-order valence-electron chi connectivity index (χ2n) is 6.79. The van der Waals surface area contributed by atoms with Crippen LogP contribution in [0.4, 0.5) is 0 Å². The minimum absolute atomic E-state index is 0.167. The normalized spacial score (nSPS) is 10.8. The van der Waals surface area contributed by atoms with Crippen molar-refractivity contribution >= 4 is 0 Å². The molecule has 4 rings (SSSR count). The number of hydrogen-bond acceptors (Lipinski definition) is 3. The number of hydrogen-bond donors (Lipinski definition) is 1. The summed E-state index contributed by atoms with van der Waals surface area (Å²) in [7, 11) is 0. The van der Waals surface area contributed by atoms with Gasteiger partial charge in [-0.15, -0.1) is 0 Å². The summed E-state index contributed by atoms with van der Waals surface area (Å²) < 4.78 is 2.38. The van der Waals surface area contributed by atoms with Crippen molar-refractivity contribution < 1.29 is 5.11 Å². The molecule has 144 valence electrons. The summed E-state index contributed by atoms with van der Waals surface area (Å²) in [6, 6.07) is 27.6. The predicted octanol–water partition coefficient (Wildman–Crippen LogP) is 3.34. The van der Waals surface area contributed by atoms with E-state index in [-0.39, 0.29) is 24.4 Å². The quantitative estimate of drug-likeness (QED) is 0.574. The van der Waals surface area contributed by atoms with Crippen molar-refractivity contribution in [1.29, 1.82) is 0 Å². The molecule has 0 aliphatic rings. The van der Waals surface area contributed by atoms with Crippen molar-refractivity contribution in [3.05, 3.63) is 129 Å². The van der Waals surface area contributed by atoms with Crippen molar-refractivity contribution in [3.8, 4) is 11.6 Å². The molecule has 0 unspecified atom stereocenters. The third-order valence-corrected chi connectivity index (χ3v) is 4.83. The molecule has 0 saturated heterocycles. The Morgan fingerprint density at radius 2 is 1.21 bits per heavy atom. The maximum Gasteiger partial charge on any atom is 0.338 e. The Morgan fingerprint density at radius 1 is 0.690 bits per heavy atom. The zero-order chi connectivity index (χ0) is 20.2. The standard InChI is InChI=1S/C24H20N2O3/c27-22-21(16-18-10-4-1-5-11-18)23(28)26(20-14-8-3-9-15-20)24(29)25(22)17-19-12-6-2-7-13-19/h1-15,27H,16-17H2. The fourth-order valence-corrected chi connectivity index (χ4v) is 3.36. The highest BCUT2D eigenvalue weighted by Crippen LogP contribution is 2.18.